The van der Waals surface area contributed by atoms with E-state index in [0.29, 0.717) is 18.2 Å². The summed E-state index contributed by atoms with van der Waals surface area (Å²) in [5.74, 6) is 0.414. The first-order chi connectivity index (χ1) is 10.2. The molecule has 1 atom stereocenters. The van der Waals surface area contributed by atoms with Crippen LogP contribution < -0.4 is 5.32 Å². The lowest BCUT2D eigenvalue weighted by Gasteiger charge is -2.35. The van der Waals surface area contributed by atoms with Crippen LogP contribution >= 0.6 is 0 Å². The monoisotopic (exact) mass is 286 g/mol. The Morgan fingerprint density at radius 2 is 2.10 bits per heavy atom. The first-order valence-electron chi connectivity index (χ1n) is 8.29. The summed E-state index contributed by atoms with van der Waals surface area (Å²) in [6, 6.07) is 9.13. The van der Waals surface area contributed by atoms with Gasteiger partial charge in [-0.05, 0) is 57.8 Å². The van der Waals surface area contributed by atoms with Gasteiger partial charge in [-0.25, -0.2) is 0 Å². The second-order valence-corrected chi connectivity index (χ2v) is 6.51. The molecule has 21 heavy (non-hydrogen) atoms. The lowest BCUT2D eigenvalue weighted by Crippen LogP contribution is -2.48. The van der Waals surface area contributed by atoms with Crippen molar-refractivity contribution >= 4 is 5.78 Å². The summed E-state index contributed by atoms with van der Waals surface area (Å²) >= 11 is 0. The number of hydrogen-bond donors (Lipinski definition) is 1. The van der Waals surface area contributed by atoms with Crippen molar-refractivity contribution in [3.8, 4) is 0 Å². The van der Waals surface area contributed by atoms with Crippen LogP contribution in [-0.4, -0.2) is 42.4 Å². The van der Waals surface area contributed by atoms with Gasteiger partial charge in [0.05, 0.1) is 6.04 Å². The second-order valence-electron chi connectivity index (χ2n) is 6.51. The number of nitrogens with one attached hydrogen (secondary N) is 1. The Balaban J connectivity index is 1.65. The minimum absolute atomic E-state index is 0.161. The van der Waals surface area contributed by atoms with Crippen LogP contribution in [0, 0.1) is 6.92 Å². The highest BCUT2D eigenvalue weighted by molar-refractivity contribution is 5.86. The molecular weight excluding hydrogens is 260 g/mol. The Morgan fingerprint density at radius 3 is 2.86 bits per heavy atom. The molecule has 1 aromatic carbocycles. The highest BCUT2D eigenvalue weighted by atomic mass is 16.1. The number of ketones is 1. The zero-order valence-electron chi connectivity index (χ0n) is 13.0. The smallest absolute Gasteiger partial charge is 0.154 e. The van der Waals surface area contributed by atoms with Gasteiger partial charge in [0, 0.05) is 12.5 Å². The van der Waals surface area contributed by atoms with Gasteiger partial charge in [-0.3, -0.25) is 9.69 Å². The number of nitrogens with zero attached hydrogens (tertiary/aromatic N) is 1. The van der Waals surface area contributed by atoms with E-state index in [9.17, 15) is 4.79 Å². The highest BCUT2D eigenvalue weighted by Crippen LogP contribution is 2.26. The van der Waals surface area contributed by atoms with Crippen molar-refractivity contribution < 1.29 is 4.79 Å². The number of carbonyl (C=O) groups excluding carboxylic acids is 1. The van der Waals surface area contributed by atoms with E-state index >= 15 is 0 Å². The van der Waals surface area contributed by atoms with Crippen molar-refractivity contribution in [2.75, 3.05) is 19.6 Å². The number of aryl methyl sites for hydroxylation is 1. The fourth-order valence-corrected chi connectivity index (χ4v) is 3.85. The summed E-state index contributed by atoms with van der Waals surface area (Å²) in [5.41, 5.74) is 2.40. The van der Waals surface area contributed by atoms with Gasteiger partial charge in [-0.1, -0.05) is 29.8 Å². The number of piperidine rings is 1. The number of hydrogen-bond acceptors (Lipinski definition) is 3. The predicted octanol–water partition coefficient (Wildman–Crippen LogP) is 2.32. The maximum Gasteiger partial charge on any atom is 0.154 e. The molecule has 1 N–H and O–H groups in total. The second kappa shape index (κ2) is 6.71. The van der Waals surface area contributed by atoms with Crippen molar-refractivity contribution in [2.45, 2.75) is 51.1 Å². The Hall–Kier alpha value is -1.19. The first kappa shape index (κ1) is 14.7. The maximum absolute atomic E-state index is 12.7. The average molecular weight is 286 g/mol. The Bertz CT molecular complexity index is 494. The summed E-state index contributed by atoms with van der Waals surface area (Å²) in [6.07, 6.45) is 5.19. The maximum atomic E-state index is 12.7. The van der Waals surface area contributed by atoms with Gasteiger partial charge in [0.2, 0.25) is 0 Å². The molecule has 2 saturated heterocycles. The molecular formula is C18H26N2O. The van der Waals surface area contributed by atoms with Gasteiger partial charge < -0.3 is 5.32 Å². The molecule has 2 fully saturated rings. The van der Waals surface area contributed by atoms with Crippen molar-refractivity contribution in [1.82, 2.24) is 10.2 Å². The van der Waals surface area contributed by atoms with Crippen LogP contribution in [0.2, 0.25) is 0 Å². The molecule has 1 aromatic rings. The predicted molar refractivity (Wildman–Crippen MR) is 85.5 cm³/mol. The van der Waals surface area contributed by atoms with E-state index < -0.39 is 0 Å². The van der Waals surface area contributed by atoms with Crippen LogP contribution in [-0.2, 0) is 11.2 Å². The van der Waals surface area contributed by atoms with Crippen molar-refractivity contribution in [2.24, 2.45) is 0 Å². The Morgan fingerprint density at radius 1 is 1.29 bits per heavy atom. The molecule has 2 aliphatic heterocycles. The van der Waals surface area contributed by atoms with Crippen molar-refractivity contribution in [3.05, 3.63) is 35.4 Å². The standard InChI is InChI=1S/C18H26N2O/c1-14-4-2-5-15(12-14)13-18(21)17-6-3-11-20(17)16-7-9-19-10-8-16/h2,4-5,12,16-17,19H,3,6-11,13H2,1H3. The average Bonchev–Trinajstić information content (AvgIpc) is 2.98. The fourth-order valence-electron chi connectivity index (χ4n) is 3.85. The molecule has 0 radical (unpaired) electrons. The molecule has 3 rings (SSSR count). The fraction of sp³-hybridized carbons (Fsp3) is 0.611. The third kappa shape index (κ3) is 3.53. The molecule has 0 aliphatic carbocycles. The quantitative estimate of drug-likeness (QED) is 0.922. The molecule has 1 unspecified atom stereocenters. The van der Waals surface area contributed by atoms with E-state index in [0.717, 1.165) is 31.6 Å². The minimum atomic E-state index is 0.161. The normalized spacial score (nSPS) is 24.3. The summed E-state index contributed by atoms with van der Waals surface area (Å²) in [6.45, 7) is 5.39. The molecule has 114 valence electrons. The lowest BCUT2D eigenvalue weighted by molar-refractivity contribution is -0.123. The van der Waals surface area contributed by atoms with E-state index in [1.54, 1.807) is 0 Å². The van der Waals surface area contributed by atoms with E-state index in [-0.39, 0.29) is 6.04 Å². The Kier molecular flexibility index (Phi) is 4.71. The van der Waals surface area contributed by atoms with E-state index in [2.05, 4.69) is 41.4 Å². The topological polar surface area (TPSA) is 32.3 Å². The van der Waals surface area contributed by atoms with Crippen LogP contribution in [0.15, 0.2) is 24.3 Å². The molecule has 2 aliphatic rings. The zero-order valence-corrected chi connectivity index (χ0v) is 13.0. The van der Waals surface area contributed by atoms with Crippen LogP contribution in [0.5, 0.6) is 0 Å². The molecule has 0 saturated carbocycles. The minimum Gasteiger partial charge on any atom is -0.317 e. The van der Waals surface area contributed by atoms with Gasteiger partial charge in [0.1, 0.15) is 0 Å². The third-order valence-corrected chi connectivity index (χ3v) is 4.90. The van der Waals surface area contributed by atoms with Crippen molar-refractivity contribution in [3.63, 3.8) is 0 Å². The number of carbonyl (C=O) groups is 1. The van der Waals surface area contributed by atoms with Crippen molar-refractivity contribution in [1.29, 1.82) is 0 Å². The number of Topliss-reactive ketones (excluding diaryl/α,β-unsaturated/α-hetero) is 1. The Labute approximate surface area is 127 Å². The van der Waals surface area contributed by atoms with Gasteiger partial charge in [0.25, 0.3) is 0 Å². The summed E-state index contributed by atoms with van der Waals surface area (Å²) in [4.78, 5) is 15.2. The molecule has 0 bridgehead atoms. The molecule has 0 spiro atoms. The van der Waals surface area contributed by atoms with Gasteiger partial charge in [-0.2, -0.15) is 0 Å². The van der Waals surface area contributed by atoms with Crippen LogP contribution in [0.4, 0.5) is 0 Å². The number of rotatable bonds is 4. The molecule has 2 heterocycles. The third-order valence-electron chi connectivity index (χ3n) is 4.90. The highest BCUT2D eigenvalue weighted by Gasteiger charge is 2.35. The molecule has 3 heteroatoms. The largest absolute Gasteiger partial charge is 0.317 e. The summed E-state index contributed by atoms with van der Waals surface area (Å²) in [5, 5.41) is 3.42. The lowest BCUT2D eigenvalue weighted by atomic mass is 9.98. The van der Waals surface area contributed by atoms with Crippen LogP contribution in [0.25, 0.3) is 0 Å². The molecule has 0 aromatic heterocycles. The first-order valence-corrected chi connectivity index (χ1v) is 8.29. The van der Waals surface area contributed by atoms with E-state index in [1.807, 2.05) is 0 Å². The summed E-state index contributed by atoms with van der Waals surface area (Å²) in [7, 11) is 0. The van der Waals surface area contributed by atoms with Gasteiger partial charge >= 0.3 is 0 Å². The molecule has 0 amide bonds. The van der Waals surface area contributed by atoms with Gasteiger partial charge in [0.15, 0.2) is 5.78 Å². The van der Waals surface area contributed by atoms with E-state index in [1.165, 1.54) is 24.8 Å². The van der Waals surface area contributed by atoms with E-state index in [4.69, 9.17) is 0 Å². The van der Waals surface area contributed by atoms with Crippen LogP contribution in [0.1, 0.15) is 36.8 Å². The van der Waals surface area contributed by atoms with Crippen LogP contribution in [0.3, 0.4) is 0 Å². The van der Waals surface area contributed by atoms with Gasteiger partial charge in [-0.15, -0.1) is 0 Å². The number of benzene rings is 1. The summed E-state index contributed by atoms with van der Waals surface area (Å²) < 4.78 is 0. The SMILES string of the molecule is Cc1cccc(CC(=O)C2CCCN2C2CCNCC2)c1. The zero-order chi connectivity index (χ0) is 14.7. The molecule has 3 nitrogen and oxygen atoms in total. The number of likely N-dealkylation sites (tertiary alicyclic amines) is 1.